The van der Waals surface area contributed by atoms with E-state index in [1.807, 2.05) is 0 Å². The third kappa shape index (κ3) is 3.96. The summed E-state index contributed by atoms with van der Waals surface area (Å²) in [6, 6.07) is 3.38. The summed E-state index contributed by atoms with van der Waals surface area (Å²) in [5, 5.41) is 0. The Hall–Kier alpha value is -1.11. The van der Waals surface area contributed by atoms with Crippen molar-refractivity contribution in [2.24, 2.45) is 5.92 Å². The zero-order chi connectivity index (χ0) is 15.6. The summed E-state index contributed by atoms with van der Waals surface area (Å²) in [5.74, 6) is 0.688. The molecule has 0 atom stereocenters. The molecule has 0 aliphatic heterocycles. The Balaban J connectivity index is 2.05. The third-order valence-electron chi connectivity index (χ3n) is 3.75. The topological polar surface area (TPSA) is 72.6 Å². The van der Waals surface area contributed by atoms with E-state index in [2.05, 4.69) is 0 Å². The van der Waals surface area contributed by atoms with Crippen LogP contribution in [0.5, 0.6) is 0 Å². The van der Waals surface area contributed by atoms with Gasteiger partial charge in [-0.15, -0.1) is 0 Å². The number of rotatable bonds is 7. The minimum Gasteiger partial charge on any atom is -0.399 e. The van der Waals surface area contributed by atoms with Gasteiger partial charge in [-0.05, 0) is 55.9 Å². The summed E-state index contributed by atoms with van der Waals surface area (Å²) in [5.41, 5.74) is 7.69. The lowest BCUT2D eigenvalue weighted by atomic mass is 10.1. The number of anilines is 1. The van der Waals surface area contributed by atoms with Crippen molar-refractivity contribution in [1.82, 2.24) is 4.31 Å². The summed E-state index contributed by atoms with van der Waals surface area (Å²) in [6.07, 6.45) is 2.47. The van der Waals surface area contributed by atoms with Crippen molar-refractivity contribution >= 4 is 15.7 Å². The highest BCUT2D eigenvalue weighted by Gasteiger charge is 2.25. The SMILES string of the molecule is Cc1cc(N)cc(C)c1S(=O)(=O)N(C)CCOCC1CC1. The maximum absolute atomic E-state index is 12.7. The lowest BCUT2D eigenvalue weighted by Crippen LogP contribution is -2.31. The molecule has 1 aromatic carbocycles. The molecule has 6 heteroatoms. The van der Waals surface area contributed by atoms with E-state index in [4.69, 9.17) is 10.5 Å². The zero-order valence-corrected chi connectivity index (χ0v) is 13.7. The molecule has 21 heavy (non-hydrogen) atoms. The van der Waals surface area contributed by atoms with Crippen LogP contribution in [0.2, 0.25) is 0 Å². The first-order valence-electron chi connectivity index (χ1n) is 7.23. The molecule has 2 N–H and O–H groups in total. The maximum atomic E-state index is 12.7. The molecular formula is C15H24N2O3S. The van der Waals surface area contributed by atoms with Gasteiger partial charge in [-0.25, -0.2) is 8.42 Å². The molecule has 0 aromatic heterocycles. The van der Waals surface area contributed by atoms with Crippen molar-refractivity contribution < 1.29 is 13.2 Å². The Morgan fingerprint density at radius 3 is 2.38 bits per heavy atom. The van der Waals surface area contributed by atoms with Crippen molar-refractivity contribution in [1.29, 1.82) is 0 Å². The van der Waals surface area contributed by atoms with E-state index in [-0.39, 0.29) is 0 Å². The second kappa shape index (κ2) is 6.34. The molecule has 0 radical (unpaired) electrons. The molecule has 0 heterocycles. The quantitative estimate of drug-likeness (QED) is 0.617. The predicted octanol–water partition coefficient (Wildman–Crippen LogP) is 1.93. The Labute approximate surface area is 127 Å². The molecule has 2 rings (SSSR count). The van der Waals surface area contributed by atoms with Gasteiger partial charge in [-0.3, -0.25) is 0 Å². The molecule has 0 bridgehead atoms. The molecule has 1 aliphatic carbocycles. The average Bonchev–Trinajstić information content (AvgIpc) is 3.16. The summed E-state index contributed by atoms with van der Waals surface area (Å²) < 4.78 is 32.2. The van der Waals surface area contributed by atoms with Gasteiger partial charge >= 0.3 is 0 Å². The minimum atomic E-state index is -3.50. The van der Waals surface area contributed by atoms with Crippen LogP contribution in [-0.2, 0) is 14.8 Å². The van der Waals surface area contributed by atoms with Crippen molar-refractivity contribution in [3.63, 3.8) is 0 Å². The molecule has 118 valence electrons. The lowest BCUT2D eigenvalue weighted by molar-refractivity contribution is 0.117. The predicted molar refractivity (Wildman–Crippen MR) is 83.7 cm³/mol. The van der Waals surface area contributed by atoms with Gasteiger partial charge in [0.05, 0.1) is 11.5 Å². The van der Waals surface area contributed by atoms with Gasteiger partial charge in [0, 0.05) is 25.9 Å². The number of nitrogens with two attached hydrogens (primary N) is 1. The van der Waals surface area contributed by atoms with E-state index in [1.54, 1.807) is 33.0 Å². The van der Waals surface area contributed by atoms with Crippen LogP contribution >= 0.6 is 0 Å². The van der Waals surface area contributed by atoms with Crippen LogP contribution in [0.1, 0.15) is 24.0 Å². The van der Waals surface area contributed by atoms with E-state index in [1.165, 1.54) is 17.1 Å². The first-order valence-corrected chi connectivity index (χ1v) is 8.67. The van der Waals surface area contributed by atoms with Crippen LogP contribution in [0.25, 0.3) is 0 Å². The third-order valence-corrected chi connectivity index (χ3v) is 5.91. The van der Waals surface area contributed by atoms with Gasteiger partial charge in [0.2, 0.25) is 10.0 Å². The van der Waals surface area contributed by atoms with Gasteiger partial charge in [0.1, 0.15) is 0 Å². The Morgan fingerprint density at radius 1 is 1.29 bits per heavy atom. The largest absolute Gasteiger partial charge is 0.399 e. The highest BCUT2D eigenvalue weighted by molar-refractivity contribution is 7.89. The highest BCUT2D eigenvalue weighted by atomic mass is 32.2. The maximum Gasteiger partial charge on any atom is 0.243 e. The molecule has 0 spiro atoms. The standard InChI is InChI=1S/C15H24N2O3S/c1-11-8-14(16)9-12(2)15(11)21(18,19)17(3)6-7-20-10-13-4-5-13/h8-9,13H,4-7,10,16H2,1-3H3. The number of hydrogen-bond acceptors (Lipinski definition) is 4. The summed E-state index contributed by atoms with van der Waals surface area (Å²) >= 11 is 0. The van der Waals surface area contributed by atoms with E-state index in [0.29, 0.717) is 40.8 Å². The van der Waals surface area contributed by atoms with Crippen LogP contribution in [0.4, 0.5) is 5.69 Å². The number of nitrogens with zero attached hydrogens (tertiary/aromatic N) is 1. The van der Waals surface area contributed by atoms with E-state index >= 15 is 0 Å². The number of hydrogen-bond donors (Lipinski definition) is 1. The number of aryl methyl sites for hydroxylation is 2. The van der Waals surface area contributed by atoms with Gasteiger partial charge in [0.15, 0.2) is 0 Å². The average molecular weight is 312 g/mol. The van der Waals surface area contributed by atoms with E-state index < -0.39 is 10.0 Å². The minimum absolute atomic E-state index is 0.349. The lowest BCUT2D eigenvalue weighted by Gasteiger charge is -2.20. The molecule has 1 saturated carbocycles. The molecule has 1 aromatic rings. The fourth-order valence-corrected chi connectivity index (χ4v) is 3.95. The van der Waals surface area contributed by atoms with Crippen LogP contribution in [0.15, 0.2) is 17.0 Å². The van der Waals surface area contributed by atoms with Crippen molar-refractivity contribution in [2.75, 3.05) is 32.5 Å². The van der Waals surface area contributed by atoms with Crippen LogP contribution in [0, 0.1) is 19.8 Å². The van der Waals surface area contributed by atoms with Gasteiger partial charge in [0.25, 0.3) is 0 Å². The van der Waals surface area contributed by atoms with Crippen molar-refractivity contribution in [2.45, 2.75) is 31.6 Å². The summed E-state index contributed by atoms with van der Waals surface area (Å²) in [6.45, 7) is 5.08. The Bertz CT molecular complexity index is 586. The highest BCUT2D eigenvalue weighted by Crippen LogP contribution is 2.29. The first kappa shape index (κ1) is 16.3. The van der Waals surface area contributed by atoms with Gasteiger partial charge in [-0.2, -0.15) is 4.31 Å². The molecule has 0 amide bonds. The second-order valence-corrected chi connectivity index (χ2v) is 7.81. The van der Waals surface area contributed by atoms with Gasteiger partial charge in [-0.1, -0.05) is 0 Å². The monoisotopic (exact) mass is 312 g/mol. The van der Waals surface area contributed by atoms with Crippen LogP contribution in [-0.4, -0.2) is 39.5 Å². The number of benzene rings is 1. The smallest absolute Gasteiger partial charge is 0.243 e. The van der Waals surface area contributed by atoms with Crippen LogP contribution in [0.3, 0.4) is 0 Å². The zero-order valence-electron chi connectivity index (χ0n) is 12.9. The molecule has 1 aliphatic rings. The van der Waals surface area contributed by atoms with Gasteiger partial charge < -0.3 is 10.5 Å². The summed E-state index contributed by atoms with van der Waals surface area (Å²) in [4.78, 5) is 0.349. The number of likely N-dealkylation sites (N-methyl/N-ethyl adjacent to an activating group) is 1. The molecule has 5 nitrogen and oxygen atoms in total. The fraction of sp³-hybridized carbons (Fsp3) is 0.600. The molecule has 1 fully saturated rings. The number of sulfonamides is 1. The number of nitrogen functional groups attached to an aromatic ring is 1. The molecule has 0 unspecified atom stereocenters. The van der Waals surface area contributed by atoms with E-state index in [9.17, 15) is 8.42 Å². The Kier molecular flexibility index (Phi) is 4.91. The summed E-state index contributed by atoms with van der Waals surface area (Å²) in [7, 11) is -1.92. The van der Waals surface area contributed by atoms with Crippen molar-refractivity contribution in [3.05, 3.63) is 23.3 Å². The van der Waals surface area contributed by atoms with Crippen LogP contribution < -0.4 is 5.73 Å². The van der Waals surface area contributed by atoms with E-state index in [0.717, 1.165) is 6.61 Å². The van der Waals surface area contributed by atoms with Crippen molar-refractivity contribution in [3.8, 4) is 0 Å². The molecular weight excluding hydrogens is 288 g/mol. The number of ether oxygens (including phenoxy) is 1. The normalized spacial score (nSPS) is 15.6. The second-order valence-electron chi connectivity index (χ2n) is 5.83. The Morgan fingerprint density at radius 2 is 1.86 bits per heavy atom. The fourth-order valence-electron chi connectivity index (χ4n) is 2.39. The first-order chi connectivity index (χ1) is 9.82. The molecule has 0 saturated heterocycles.